The molecule has 6 aromatic carbocycles. The number of nitrogens with zero attached hydrogens (tertiary/aromatic N) is 1. The van der Waals surface area contributed by atoms with Crippen LogP contribution in [0.1, 0.15) is 16.7 Å². The molecule has 0 radical (unpaired) electrons. The number of allylic oxidation sites excluding steroid dienone is 1. The highest BCUT2D eigenvalue weighted by molar-refractivity contribution is 6.09. The van der Waals surface area contributed by atoms with Gasteiger partial charge >= 0.3 is 0 Å². The van der Waals surface area contributed by atoms with Crippen molar-refractivity contribution in [3.63, 3.8) is 0 Å². The summed E-state index contributed by atoms with van der Waals surface area (Å²) in [5.74, 6) is 0. The maximum absolute atomic E-state index is 2.36. The Hall–Kier alpha value is -5.14. The fraction of sp³-hybridized carbons (Fsp3) is 0.0256. The monoisotopic (exact) mass is 509 g/mol. The quantitative estimate of drug-likeness (QED) is 0.223. The Balaban J connectivity index is 1.12. The van der Waals surface area contributed by atoms with Gasteiger partial charge in [-0.2, -0.15) is 0 Å². The number of hydrogen-bond donors (Lipinski definition) is 0. The summed E-state index contributed by atoms with van der Waals surface area (Å²) in [6.07, 6.45) is 3.31. The lowest BCUT2D eigenvalue weighted by atomic mass is 9.82. The van der Waals surface area contributed by atoms with Crippen LogP contribution in [-0.2, 0) is 6.42 Å². The van der Waals surface area contributed by atoms with Crippen molar-refractivity contribution in [3.8, 4) is 27.9 Å². The van der Waals surface area contributed by atoms with Crippen molar-refractivity contribution < 1.29 is 0 Å². The first-order chi connectivity index (χ1) is 19.8. The molecule has 0 unspecified atom stereocenters. The van der Waals surface area contributed by atoms with Crippen molar-refractivity contribution in [2.75, 3.05) is 0 Å². The number of para-hydroxylation sites is 2. The lowest BCUT2D eigenvalue weighted by Crippen LogP contribution is -2.02. The molecule has 1 aromatic heterocycles. The van der Waals surface area contributed by atoms with Crippen LogP contribution in [0.25, 0.3) is 61.4 Å². The zero-order chi connectivity index (χ0) is 26.5. The molecule has 0 aliphatic heterocycles. The molecule has 0 saturated heterocycles. The van der Waals surface area contributed by atoms with E-state index in [2.05, 4.69) is 156 Å². The summed E-state index contributed by atoms with van der Waals surface area (Å²) in [6.45, 7) is 0. The third kappa shape index (κ3) is 3.71. The molecular formula is C39H27N. The third-order valence-electron chi connectivity index (χ3n) is 8.25. The molecule has 0 N–H and O–H groups in total. The summed E-state index contributed by atoms with van der Waals surface area (Å²) in [5.41, 5.74) is 14.1. The van der Waals surface area contributed by atoms with E-state index in [1.807, 2.05) is 0 Å². The van der Waals surface area contributed by atoms with E-state index in [0.717, 1.165) is 6.42 Å². The molecule has 1 aliphatic carbocycles. The van der Waals surface area contributed by atoms with Crippen molar-refractivity contribution in [2.45, 2.75) is 6.42 Å². The summed E-state index contributed by atoms with van der Waals surface area (Å²) in [5, 5.41) is 2.58. The molecular weight excluding hydrogens is 482 g/mol. The fourth-order valence-electron chi connectivity index (χ4n) is 6.34. The second-order valence-electron chi connectivity index (χ2n) is 10.6. The Morgan fingerprint density at radius 2 is 0.975 bits per heavy atom. The molecule has 8 rings (SSSR count). The first kappa shape index (κ1) is 22.8. The predicted molar refractivity (Wildman–Crippen MR) is 170 cm³/mol. The minimum Gasteiger partial charge on any atom is -0.309 e. The Kier molecular flexibility index (Phi) is 5.28. The minimum absolute atomic E-state index is 0.957. The Morgan fingerprint density at radius 3 is 1.65 bits per heavy atom. The molecule has 1 aliphatic rings. The number of benzene rings is 6. The maximum atomic E-state index is 2.36. The number of fused-ring (bicyclic) bond motifs is 6. The first-order valence-electron chi connectivity index (χ1n) is 13.9. The van der Waals surface area contributed by atoms with Crippen LogP contribution in [0.15, 0.2) is 146 Å². The van der Waals surface area contributed by atoms with Crippen molar-refractivity contribution >= 4 is 33.5 Å². The molecule has 0 amide bonds. The van der Waals surface area contributed by atoms with Crippen LogP contribution in [-0.4, -0.2) is 4.57 Å². The summed E-state index contributed by atoms with van der Waals surface area (Å²) in [4.78, 5) is 0. The van der Waals surface area contributed by atoms with Gasteiger partial charge in [0.2, 0.25) is 0 Å². The highest BCUT2D eigenvalue weighted by atomic mass is 15.0. The normalized spacial score (nSPS) is 13.4. The summed E-state index contributed by atoms with van der Waals surface area (Å²) < 4.78 is 2.36. The molecule has 0 saturated carbocycles. The number of aromatic nitrogens is 1. The summed E-state index contributed by atoms with van der Waals surface area (Å²) >= 11 is 0. The molecule has 40 heavy (non-hydrogen) atoms. The zero-order valence-corrected chi connectivity index (χ0v) is 22.1. The van der Waals surface area contributed by atoms with Gasteiger partial charge in [-0.25, -0.2) is 0 Å². The van der Waals surface area contributed by atoms with Crippen molar-refractivity contribution in [1.29, 1.82) is 0 Å². The lowest BCUT2D eigenvalue weighted by Gasteiger charge is -2.22. The highest BCUT2D eigenvalue weighted by Crippen LogP contribution is 2.40. The maximum Gasteiger partial charge on any atom is 0.0541 e. The Bertz CT molecular complexity index is 2000. The van der Waals surface area contributed by atoms with E-state index in [1.165, 1.54) is 72.0 Å². The van der Waals surface area contributed by atoms with E-state index in [4.69, 9.17) is 0 Å². The van der Waals surface area contributed by atoms with Crippen molar-refractivity contribution in [1.82, 2.24) is 4.57 Å². The van der Waals surface area contributed by atoms with E-state index >= 15 is 0 Å². The predicted octanol–water partition coefficient (Wildman–Crippen LogP) is 10.2. The van der Waals surface area contributed by atoms with Gasteiger partial charge in [0.15, 0.2) is 0 Å². The summed E-state index contributed by atoms with van der Waals surface area (Å²) in [7, 11) is 0. The molecule has 0 bridgehead atoms. The summed E-state index contributed by atoms with van der Waals surface area (Å²) in [6, 6.07) is 52.8. The van der Waals surface area contributed by atoms with Gasteiger partial charge in [-0.1, -0.05) is 127 Å². The van der Waals surface area contributed by atoms with Crippen LogP contribution in [0.3, 0.4) is 0 Å². The molecule has 7 aromatic rings. The van der Waals surface area contributed by atoms with Crippen molar-refractivity contribution in [3.05, 3.63) is 162 Å². The molecule has 0 atom stereocenters. The van der Waals surface area contributed by atoms with Gasteiger partial charge in [0.05, 0.1) is 11.0 Å². The first-order valence-corrected chi connectivity index (χ1v) is 13.9. The molecule has 0 spiro atoms. The van der Waals surface area contributed by atoms with Crippen LogP contribution in [0.2, 0.25) is 0 Å². The molecule has 1 heterocycles. The number of rotatable bonds is 3. The number of hydrogen-bond acceptors (Lipinski definition) is 0. The van der Waals surface area contributed by atoms with Gasteiger partial charge in [-0.05, 0) is 75.2 Å². The second-order valence-corrected chi connectivity index (χ2v) is 10.6. The van der Waals surface area contributed by atoms with Crippen LogP contribution in [0.4, 0.5) is 0 Å². The zero-order valence-electron chi connectivity index (χ0n) is 22.1. The average Bonchev–Trinajstić information content (AvgIpc) is 3.36. The molecule has 1 nitrogen and oxygen atoms in total. The standard InChI is InChI=1S/C39H27N/c1-2-10-33-30(9-1)26-31(34-11-3-4-12-35(33)34)25-27-17-19-28(20-18-27)29-21-23-32(24-22-29)40-38-15-7-5-13-36(38)37-14-6-8-16-39(37)40/h1-25H,26H2. The minimum atomic E-state index is 0.957. The van der Waals surface area contributed by atoms with Gasteiger partial charge in [0.1, 0.15) is 0 Å². The average molecular weight is 510 g/mol. The molecule has 1 heteroatoms. The van der Waals surface area contributed by atoms with E-state index in [9.17, 15) is 0 Å². The van der Waals surface area contributed by atoms with Gasteiger partial charge in [0.25, 0.3) is 0 Å². The third-order valence-corrected chi connectivity index (χ3v) is 8.25. The van der Waals surface area contributed by atoms with E-state index in [1.54, 1.807) is 0 Å². The van der Waals surface area contributed by atoms with Crippen LogP contribution < -0.4 is 0 Å². The van der Waals surface area contributed by atoms with Crippen LogP contribution in [0.5, 0.6) is 0 Å². The largest absolute Gasteiger partial charge is 0.309 e. The fourth-order valence-corrected chi connectivity index (χ4v) is 6.34. The van der Waals surface area contributed by atoms with Gasteiger partial charge in [-0.15, -0.1) is 0 Å². The van der Waals surface area contributed by atoms with Crippen LogP contribution in [0, 0.1) is 0 Å². The molecule has 0 fully saturated rings. The highest BCUT2D eigenvalue weighted by Gasteiger charge is 2.19. The van der Waals surface area contributed by atoms with E-state index in [0.29, 0.717) is 0 Å². The Labute approximate surface area is 234 Å². The van der Waals surface area contributed by atoms with E-state index < -0.39 is 0 Å². The smallest absolute Gasteiger partial charge is 0.0541 e. The van der Waals surface area contributed by atoms with Gasteiger partial charge < -0.3 is 4.57 Å². The lowest BCUT2D eigenvalue weighted by molar-refractivity contribution is 1.18. The van der Waals surface area contributed by atoms with E-state index in [-0.39, 0.29) is 0 Å². The second kappa shape index (κ2) is 9.25. The topological polar surface area (TPSA) is 4.93 Å². The SMILES string of the molecule is C(=C1Cc2ccccc2-c2ccccc21)c1ccc(-c2ccc(-n3c4ccccc4c4ccccc43)cc2)cc1. The molecule has 188 valence electrons. The van der Waals surface area contributed by atoms with Gasteiger partial charge in [0, 0.05) is 16.5 Å². The van der Waals surface area contributed by atoms with Gasteiger partial charge in [-0.3, -0.25) is 0 Å². The van der Waals surface area contributed by atoms with Crippen LogP contribution >= 0.6 is 0 Å². The Morgan fingerprint density at radius 1 is 0.450 bits per heavy atom. The van der Waals surface area contributed by atoms with Crippen molar-refractivity contribution in [2.24, 2.45) is 0 Å².